The van der Waals surface area contributed by atoms with Crippen molar-refractivity contribution in [3.05, 3.63) is 73.0 Å². The summed E-state index contributed by atoms with van der Waals surface area (Å²) < 4.78 is 12.7. The SMILES string of the molecule is Cc1cc2oc(=O)c(C)c(C)c2c2c1C(=O)C[C@@H](c1ccc(Br)cc1)O2. The summed E-state index contributed by atoms with van der Waals surface area (Å²) in [5, 5.41) is 0.706. The molecular formula is C21H17BrO4. The topological polar surface area (TPSA) is 56.5 Å². The summed E-state index contributed by atoms with van der Waals surface area (Å²) in [5.74, 6) is 0.565. The van der Waals surface area contributed by atoms with Gasteiger partial charge in [0.25, 0.3) is 0 Å². The van der Waals surface area contributed by atoms with Crippen LogP contribution in [0.15, 0.2) is 44.0 Å². The molecule has 0 fully saturated rings. The van der Waals surface area contributed by atoms with Gasteiger partial charge < -0.3 is 9.15 Å². The van der Waals surface area contributed by atoms with Crippen LogP contribution in [0.5, 0.6) is 5.75 Å². The molecule has 0 saturated heterocycles. The fourth-order valence-corrected chi connectivity index (χ4v) is 3.76. The Kier molecular flexibility index (Phi) is 3.99. The molecule has 1 aromatic heterocycles. The average molecular weight is 413 g/mol. The number of hydrogen-bond donors (Lipinski definition) is 0. The van der Waals surface area contributed by atoms with E-state index in [2.05, 4.69) is 15.9 Å². The molecule has 1 aliphatic heterocycles. The standard InChI is InChI=1S/C21H17BrO4/c1-10-8-17-19(11(2)12(3)21(24)26-17)20-18(10)15(23)9-16(25-20)13-4-6-14(22)7-5-13/h4-8,16H,9H2,1-3H3/t16-/m0/s1. The normalized spacial score (nSPS) is 16.5. The summed E-state index contributed by atoms with van der Waals surface area (Å²) in [6, 6.07) is 9.51. The van der Waals surface area contributed by atoms with Gasteiger partial charge in [0.05, 0.1) is 17.4 Å². The highest BCUT2D eigenvalue weighted by Gasteiger charge is 2.32. The molecule has 1 atom stereocenters. The number of rotatable bonds is 1. The number of ketones is 1. The van der Waals surface area contributed by atoms with Gasteiger partial charge >= 0.3 is 5.63 Å². The number of aryl methyl sites for hydroxylation is 2. The first-order valence-corrected chi connectivity index (χ1v) is 9.19. The number of ether oxygens (including phenoxy) is 1. The molecular weight excluding hydrogens is 396 g/mol. The van der Waals surface area contributed by atoms with E-state index in [0.29, 0.717) is 27.8 Å². The Labute approximate surface area is 158 Å². The molecule has 0 unspecified atom stereocenters. The van der Waals surface area contributed by atoms with E-state index in [1.807, 2.05) is 38.1 Å². The predicted molar refractivity (Wildman–Crippen MR) is 103 cm³/mol. The Hall–Kier alpha value is -2.40. The number of fused-ring (bicyclic) bond motifs is 3. The maximum absolute atomic E-state index is 12.9. The molecule has 0 amide bonds. The van der Waals surface area contributed by atoms with Crippen molar-refractivity contribution in [2.75, 3.05) is 0 Å². The highest BCUT2D eigenvalue weighted by Crippen LogP contribution is 2.43. The van der Waals surface area contributed by atoms with E-state index < -0.39 is 0 Å². The number of benzene rings is 2. The molecule has 0 saturated carbocycles. The van der Waals surface area contributed by atoms with Gasteiger partial charge in [0.2, 0.25) is 0 Å². The van der Waals surface area contributed by atoms with E-state index in [1.165, 1.54) is 0 Å². The number of carbonyl (C=O) groups excluding carboxylic acids is 1. The Morgan fingerprint density at radius 1 is 1.04 bits per heavy atom. The molecule has 2 aromatic carbocycles. The molecule has 0 spiro atoms. The molecule has 0 bridgehead atoms. The van der Waals surface area contributed by atoms with Gasteiger partial charge in [-0.3, -0.25) is 4.79 Å². The van der Waals surface area contributed by atoms with E-state index >= 15 is 0 Å². The van der Waals surface area contributed by atoms with Crippen LogP contribution in [0.25, 0.3) is 11.0 Å². The van der Waals surface area contributed by atoms with Gasteiger partial charge in [-0.25, -0.2) is 4.79 Å². The molecule has 4 nitrogen and oxygen atoms in total. The molecule has 3 aromatic rings. The summed E-state index contributed by atoms with van der Waals surface area (Å²) in [4.78, 5) is 24.9. The lowest BCUT2D eigenvalue weighted by Gasteiger charge is -2.28. The molecule has 0 aliphatic carbocycles. The first-order chi connectivity index (χ1) is 12.4. The lowest BCUT2D eigenvalue weighted by atomic mass is 9.90. The predicted octanol–water partition coefficient (Wildman–Crippen LogP) is 5.19. The highest BCUT2D eigenvalue weighted by molar-refractivity contribution is 9.10. The van der Waals surface area contributed by atoms with E-state index in [4.69, 9.17) is 9.15 Å². The quantitative estimate of drug-likeness (QED) is 0.516. The fourth-order valence-electron chi connectivity index (χ4n) is 3.49. The fraction of sp³-hybridized carbons (Fsp3) is 0.238. The maximum atomic E-state index is 12.9. The van der Waals surface area contributed by atoms with Gasteiger partial charge in [-0.2, -0.15) is 0 Å². The van der Waals surface area contributed by atoms with E-state index in [0.717, 1.165) is 21.2 Å². The van der Waals surface area contributed by atoms with Crippen molar-refractivity contribution < 1.29 is 13.9 Å². The van der Waals surface area contributed by atoms with Crippen molar-refractivity contribution in [2.45, 2.75) is 33.3 Å². The van der Waals surface area contributed by atoms with Gasteiger partial charge in [-0.1, -0.05) is 28.1 Å². The summed E-state index contributed by atoms with van der Waals surface area (Å²) in [7, 11) is 0. The molecule has 26 heavy (non-hydrogen) atoms. The van der Waals surface area contributed by atoms with Crippen LogP contribution in [-0.2, 0) is 0 Å². The Morgan fingerprint density at radius 2 is 1.73 bits per heavy atom. The second kappa shape index (κ2) is 6.09. The van der Waals surface area contributed by atoms with Crippen molar-refractivity contribution in [3.63, 3.8) is 0 Å². The largest absolute Gasteiger partial charge is 0.484 e. The van der Waals surface area contributed by atoms with Crippen molar-refractivity contribution >= 4 is 32.7 Å². The van der Waals surface area contributed by atoms with Crippen LogP contribution in [0.4, 0.5) is 0 Å². The number of carbonyl (C=O) groups is 1. The van der Waals surface area contributed by atoms with Gasteiger partial charge in [-0.15, -0.1) is 0 Å². The monoisotopic (exact) mass is 412 g/mol. The first kappa shape index (κ1) is 17.0. The second-order valence-electron chi connectivity index (χ2n) is 6.70. The zero-order valence-electron chi connectivity index (χ0n) is 14.7. The second-order valence-corrected chi connectivity index (χ2v) is 7.61. The van der Waals surface area contributed by atoms with Crippen LogP contribution < -0.4 is 10.4 Å². The van der Waals surface area contributed by atoms with Crippen molar-refractivity contribution in [3.8, 4) is 5.75 Å². The van der Waals surface area contributed by atoms with Crippen LogP contribution in [0.3, 0.4) is 0 Å². The van der Waals surface area contributed by atoms with Gasteiger partial charge in [0.1, 0.15) is 17.4 Å². The zero-order valence-corrected chi connectivity index (χ0v) is 16.3. The summed E-state index contributed by atoms with van der Waals surface area (Å²) in [6.07, 6.45) is -0.0739. The molecule has 0 N–H and O–H groups in total. The lowest BCUT2D eigenvalue weighted by Crippen LogP contribution is -2.22. The molecule has 2 heterocycles. The van der Waals surface area contributed by atoms with Gasteiger partial charge in [-0.05, 0) is 55.7 Å². The summed E-state index contributed by atoms with van der Waals surface area (Å²) in [6.45, 7) is 5.43. The average Bonchev–Trinajstić information content (AvgIpc) is 2.59. The van der Waals surface area contributed by atoms with Crippen LogP contribution >= 0.6 is 15.9 Å². The minimum atomic E-state index is -0.361. The van der Waals surface area contributed by atoms with Crippen molar-refractivity contribution in [1.82, 2.24) is 0 Å². The van der Waals surface area contributed by atoms with Crippen LogP contribution in [0, 0.1) is 20.8 Å². The van der Waals surface area contributed by atoms with Gasteiger partial charge in [0.15, 0.2) is 5.78 Å². The summed E-state index contributed by atoms with van der Waals surface area (Å²) >= 11 is 3.42. The first-order valence-electron chi connectivity index (χ1n) is 8.39. The molecule has 132 valence electrons. The third-order valence-corrected chi connectivity index (χ3v) is 5.57. The zero-order chi connectivity index (χ0) is 18.6. The van der Waals surface area contributed by atoms with E-state index in [9.17, 15) is 9.59 Å². The highest BCUT2D eigenvalue weighted by atomic mass is 79.9. The Balaban J connectivity index is 1.96. The maximum Gasteiger partial charge on any atom is 0.339 e. The minimum Gasteiger partial charge on any atom is -0.484 e. The van der Waals surface area contributed by atoms with Crippen molar-refractivity contribution in [2.24, 2.45) is 0 Å². The minimum absolute atomic E-state index is 0.0434. The van der Waals surface area contributed by atoms with Crippen LogP contribution in [-0.4, -0.2) is 5.78 Å². The number of Topliss-reactive ketones (excluding diaryl/α,β-unsaturated/α-hetero) is 1. The number of hydrogen-bond acceptors (Lipinski definition) is 4. The summed E-state index contributed by atoms with van der Waals surface area (Å²) in [5.41, 5.74) is 3.70. The molecule has 1 aliphatic rings. The van der Waals surface area contributed by atoms with Crippen LogP contribution in [0.2, 0.25) is 0 Å². The lowest BCUT2D eigenvalue weighted by molar-refractivity contribution is 0.0852. The molecule has 4 rings (SSSR count). The van der Waals surface area contributed by atoms with E-state index in [-0.39, 0.29) is 23.9 Å². The van der Waals surface area contributed by atoms with Crippen LogP contribution in [0.1, 0.15) is 45.1 Å². The number of halogens is 1. The Bertz CT molecular complexity index is 1110. The Morgan fingerprint density at radius 3 is 2.42 bits per heavy atom. The molecule has 5 heteroatoms. The third kappa shape index (κ3) is 2.58. The van der Waals surface area contributed by atoms with Gasteiger partial charge in [0, 0.05) is 10.0 Å². The molecule has 0 radical (unpaired) electrons. The smallest absolute Gasteiger partial charge is 0.339 e. The van der Waals surface area contributed by atoms with Crippen molar-refractivity contribution in [1.29, 1.82) is 0 Å². The third-order valence-electron chi connectivity index (χ3n) is 5.04. The van der Waals surface area contributed by atoms with E-state index in [1.54, 1.807) is 13.0 Å².